The monoisotopic (exact) mass is 200 g/mol. The fourth-order valence-corrected chi connectivity index (χ4v) is 1.96. The Bertz CT molecular complexity index is 461. The van der Waals surface area contributed by atoms with Crippen LogP contribution in [0.1, 0.15) is 11.1 Å². The number of hydrogen-bond donors (Lipinski definition) is 0. The molecule has 13 heavy (non-hydrogen) atoms. The van der Waals surface area contributed by atoms with Crippen LogP contribution in [0, 0.1) is 13.8 Å². The van der Waals surface area contributed by atoms with Gasteiger partial charge in [-0.05, 0) is 31.0 Å². The molecule has 2 rings (SSSR count). The average molecular weight is 200 g/mol. The van der Waals surface area contributed by atoms with Crippen LogP contribution in [0.4, 0.5) is 0 Å². The molecule has 0 fully saturated rings. The summed E-state index contributed by atoms with van der Waals surface area (Å²) in [6.45, 7) is 3.67. The van der Waals surface area contributed by atoms with E-state index in [-0.39, 0.29) is 5.75 Å². The molecule has 1 aromatic carbocycles. The number of hydrogen-bond acceptors (Lipinski definition) is 4. The van der Waals surface area contributed by atoms with Crippen LogP contribution in [-0.2, 0) is 10.4 Å². The molecule has 0 spiro atoms. The summed E-state index contributed by atoms with van der Waals surface area (Å²) in [4.78, 5) is 0. The van der Waals surface area contributed by atoms with Crippen LogP contribution >= 0.6 is 0 Å². The Morgan fingerprint density at radius 1 is 1.15 bits per heavy atom. The van der Waals surface area contributed by atoms with Crippen LogP contribution in [-0.4, -0.2) is 8.42 Å². The van der Waals surface area contributed by atoms with E-state index in [9.17, 15) is 8.42 Å². The van der Waals surface area contributed by atoms with Crippen molar-refractivity contribution in [2.45, 2.75) is 13.8 Å². The molecule has 0 aliphatic carbocycles. The minimum absolute atomic E-state index is 0.267. The highest BCUT2D eigenvalue weighted by Gasteiger charge is 2.30. The van der Waals surface area contributed by atoms with E-state index >= 15 is 0 Å². The van der Waals surface area contributed by atoms with Gasteiger partial charge in [-0.25, -0.2) is 0 Å². The first-order valence-electron chi connectivity index (χ1n) is 3.74. The van der Waals surface area contributed by atoms with E-state index in [2.05, 4.69) is 8.37 Å². The van der Waals surface area contributed by atoms with Gasteiger partial charge in [0.2, 0.25) is 0 Å². The smallest absolute Gasteiger partial charge is 0.349 e. The fraction of sp³-hybridized carbons (Fsp3) is 0.250. The van der Waals surface area contributed by atoms with Gasteiger partial charge in [-0.2, -0.15) is 0 Å². The summed E-state index contributed by atoms with van der Waals surface area (Å²) in [5.74, 6) is 0.572. The van der Waals surface area contributed by atoms with Crippen LogP contribution in [0.15, 0.2) is 12.1 Å². The largest absolute Gasteiger partial charge is 0.501 e. The Kier molecular flexibility index (Phi) is 1.53. The van der Waals surface area contributed by atoms with Crippen molar-refractivity contribution in [2.75, 3.05) is 0 Å². The first-order valence-corrected chi connectivity index (χ1v) is 5.07. The SMILES string of the molecule is Cc1ccc2c(c1C)OS(=O)(=O)O2. The van der Waals surface area contributed by atoms with Gasteiger partial charge in [-0.3, -0.25) is 0 Å². The number of benzene rings is 1. The Hall–Kier alpha value is -1.23. The summed E-state index contributed by atoms with van der Waals surface area (Å²) >= 11 is 0. The van der Waals surface area contributed by atoms with E-state index < -0.39 is 10.4 Å². The summed E-state index contributed by atoms with van der Waals surface area (Å²) in [7, 11) is -3.84. The normalized spacial score (nSPS) is 17.4. The third-order valence-electron chi connectivity index (χ3n) is 2.02. The highest BCUT2D eigenvalue weighted by atomic mass is 32.3. The molecule has 0 amide bonds. The lowest BCUT2D eigenvalue weighted by atomic mass is 10.1. The average Bonchev–Trinajstić information content (AvgIpc) is 2.34. The van der Waals surface area contributed by atoms with E-state index in [1.807, 2.05) is 6.92 Å². The van der Waals surface area contributed by atoms with E-state index in [1.165, 1.54) is 0 Å². The predicted molar refractivity (Wildman–Crippen MR) is 46.1 cm³/mol. The second-order valence-electron chi connectivity index (χ2n) is 2.91. The number of rotatable bonds is 0. The first kappa shape index (κ1) is 8.37. The molecule has 1 aliphatic rings. The van der Waals surface area contributed by atoms with Crippen LogP contribution < -0.4 is 8.37 Å². The summed E-state index contributed by atoms with van der Waals surface area (Å²) in [5.41, 5.74) is 1.76. The van der Waals surface area contributed by atoms with Gasteiger partial charge in [0, 0.05) is 0 Å². The van der Waals surface area contributed by atoms with Gasteiger partial charge < -0.3 is 8.37 Å². The maximum Gasteiger partial charge on any atom is 0.501 e. The summed E-state index contributed by atoms with van der Waals surface area (Å²) in [5, 5.41) is 0. The zero-order valence-corrected chi connectivity index (χ0v) is 8.01. The Labute approximate surface area is 76.4 Å². The van der Waals surface area contributed by atoms with Crippen molar-refractivity contribution >= 4 is 10.4 Å². The van der Waals surface area contributed by atoms with E-state index in [0.717, 1.165) is 11.1 Å². The van der Waals surface area contributed by atoms with Gasteiger partial charge in [-0.15, -0.1) is 8.42 Å². The third kappa shape index (κ3) is 1.25. The third-order valence-corrected chi connectivity index (χ3v) is 2.77. The summed E-state index contributed by atoms with van der Waals surface area (Å²) in [6.07, 6.45) is 0. The minimum Gasteiger partial charge on any atom is -0.349 e. The van der Waals surface area contributed by atoms with Crippen LogP contribution in [0.2, 0.25) is 0 Å². The molecule has 70 valence electrons. The van der Waals surface area contributed by atoms with Crippen molar-refractivity contribution in [1.82, 2.24) is 0 Å². The van der Waals surface area contributed by atoms with Crippen LogP contribution in [0.5, 0.6) is 11.5 Å². The van der Waals surface area contributed by atoms with Crippen molar-refractivity contribution in [1.29, 1.82) is 0 Å². The van der Waals surface area contributed by atoms with Crippen molar-refractivity contribution in [3.05, 3.63) is 23.3 Å². The molecule has 5 heteroatoms. The Balaban J connectivity index is 2.65. The lowest BCUT2D eigenvalue weighted by Gasteiger charge is -2.00. The topological polar surface area (TPSA) is 52.6 Å². The second-order valence-corrected chi connectivity index (χ2v) is 4.06. The Morgan fingerprint density at radius 2 is 1.85 bits per heavy atom. The van der Waals surface area contributed by atoms with Crippen LogP contribution in [0.3, 0.4) is 0 Å². The molecule has 1 aromatic rings. The maximum atomic E-state index is 10.9. The molecule has 0 radical (unpaired) electrons. The molecule has 0 saturated carbocycles. The zero-order chi connectivity index (χ0) is 9.64. The molecule has 0 saturated heterocycles. The lowest BCUT2D eigenvalue weighted by molar-refractivity contribution is 0.436. The number of fused-ring (bicyclic) bond motifs is 1. The quantitative estimate of drug-likeness (QED) is 0.633. The van der Waals surface area contributed by atoms with Crippen molar-refractivity contribution in [3.63, 3.8) is 0 Å². The maximum absolute atomic E-state index is 10.9. The highest BCUT2D eigenvalue weighted by molar-refractivity contribution is 7.82. The summed E-state index contributed by atoms with van der Waals surface area (Å²) < 4.78 is 31.0. The highest BCUT2D eigenvalue weighted by Crippen LogP contribution is 2.39. The fourth-order valence-electron chi connectivity index (χ4n) is 1.16. The van der Waals surface area contributed by atoms with Crippen LogP contribution in [0.25, 0.3) is 0 Å². The van der Waals surface area contributed by atoms with E-state index in [1.54, 1.807) is 19.1 Å². The Morgan fingerprint density at radius 3 is 2.54 bits per heavy atom. The van der Waals surface area contributed by atoms with Crippen molar-refractivity contribution in [2.24, 2.45) is 0 Å². The zero-order valence-electron chi connectivity index (χ0n) is 7.20. The number of aryl methyl sites for hydroxylation is 1. The molecule has 0 aromatic heterocycles. The lowest BCUT2D eigenvalue weighted by Crippen LogP contribution is -2.08. The minimum atomic E-state index is -3.84. The van der Waals surface area contributed by atoms with Gasteiger partial charge in [0.05, 0.1) is 0 Å². The molecule has 0 unspecified atom stereocenters. The van der Waals surface area contributed by atoms with Gasteiger partial charge >= 0.3 is 10.4 Å². The van der Waals surface area contributed by atoms with Crippen molar-refractivity contribution < 1.29 is 16.8 Å². The molecule has 1 heterocycles. The summed E-state index contributed by atoms with van der Waals surface area (Å²) in [6, 6.07) is 3.38. The van der Waals surface area contributed by atoms with Gasteiger partial charge in [-0.1, -0.05) is 6.07 Å². The molecule has 0 atom stereocenters. The van der Waals surface area contributed by atoms with E-state index in [0.29, 0.717) is 5.75 Å². The predicted octanol–water partition coefficient (Wildman–Crippen LogP) is 1.32. The molecule has 0 N–H and O–H groups in total. The molecular weight excluding hydrogens is 192 g/mol. The first-order chi connectivity index (χ1) is 5.99. The van der Waals surface area contributed by atoms with E-state index in [4.69, 9.17) is 0 Å². The van der Waals surface area contributed by atoms with Gasteiger partial charge in [0.25, 0.3) is 0 Å². The standard InChI is InChI=1S/C8H8O4S/c1-5-3-4-7-8(6(5)2)12-13(9,10)11-7/h3-4H,1-2H3. The van der Waals surface area contributed by atoms with Gasteiger partial charge in [0.1, 0.15) is 0 Å². The van der Waals surface area contributed by atoms with Gasteiger partial charge in [0.15, 0.2) is 11.5 Å². The molecular formula is C8H8O4S. The molecule has 1 aliphatic heterocycles. The molecule has 4 nitrogen and oxygen atoms in total. The second kappa shape index (κ2) is 2.38. The molecule has 0 bridgehead atoms. The van der Waals surface area contributed by atoms with Crippen molar-refractivity contribution in [3.8, 4) is 11.5 Å².